The van der Waals surface area contributed by atoms with Crippen LogP contribution in [0, 0.1) is 13.8 Å². The lowest BCUT2D eigenvalue weighted by molar-refractivity contribution is 0.0952. The Bertz CT molecular complexity index is 512. The zero-order valence-electron chi connectivity index (χ0n) is 10.7. The van der Waals surface area contributed by atoms with Crippen LogP contribution < -0.4 is 5.32 Å². The molecule has 94 valence electrons. The fourth-order valence-electron chi connectivity index (χ4n) is 1.93. The average Bonchev–Trinajstić information content (AvgIpc) is 2.71. The molecular weight excluding hydrogens is 226 g/mol. The third-order valence-electron chi connectivity index (χ3n) is 2.96. The van der Waals surface area contributed by atoms with Crippen molar-refractivity contribution in [3.63, 3.8) is 0 Å². The number of rotatable bonds is 4. The lowest BCUT2D eigenvalue weighted by atomic mass is 10.3. The van der Waals surface area contributed by atoms with E-state index in [0.29, 0.717) is 12.1 Å². The summed E-state index contributed by atoms with van der Waals surface area (Å²) >= 11 is 0. The van der Waals surface area contributed by atoms with E-state index in [2.05, 4.69) is 40.8 Å². The van der Waals surface area contributed by atoms with Crippen molar-refractivity contribution in [1.29, 1.82) is 0 Å². The van der Waals surface area contributed by atoms with Crippen molar-refractivity contribution >= 4 is 5.91 Å². The minimum Gasteiger partial charge on any atom is -0.350 e. The topological polar surface area (TPSA) is 46.9 Å². The maximum Gasteiger partial charge on any atom is 0.252 e. The molecule has 2 rings (SSSR count). The number of aryl methyl sites for hydroxylation is 2. The Morgan fingerprint density at radius 1 is 1.28 bits per heavy atom. The summed E-state index contributed by atoms with van der Waals surface area (Å²) in [6, 6.07) is 7.68. The van der Waals surface area contributed by atoms with Crippen LogP contribution in [0.2, 0.25) is 0 Å². The summed E-state index contributed by atoms with van der Waals surface area (Å²) in [5, 5.41) is 2.89. The highest BCUT2D eigenvalue weighted by Gasteiger charge is 2.05. The van der Waals surface area contributed by atoms with E-state index in [9.17, 15) is 4.79 Å². The van der Waals surface area contributed by atoms with E-state index < -0.39 is 0 Å². The van der Waals surface area contributed by atoms with Gasteiger partial charge in [0.05, 0.1) is 5.56 Å². The van der Waals surface area contributed by atoms with Crippen LogP contribution in [-0.2, 0) is 6.54 Å². The first-order chi connectivity index (χ1) is 8.68. The largest absolute Gasteiger partial charge is 0.350 e. The second-order valence-corrected chi connectivity index (χ2v) is 4.27. The first kappa shape index (κ1) is 12.4. The van der Waals surface area contributed by atoms with Crippen LogP contribution in [0.1, 0.15) is 21.7 Å². The Hall–Kier alpha value is -2.10. The standard InChI is InChI=1S/C14H17N3O/c1-11-5-6-12(2)17(11)9-8-16-14(18)13-4-3-7-15-10-13/h3-7,10H,8-9H2,1-2H3,(H,16,18). The molecule has 0 aliphatic carbocycles. The summed E-state index contributed by atoms with van der Waals surface area (Å²) in [5.74, 6) is -0.0782. The van der Waals surface area contributed by atoms with Gasteiger partial charge < -0.3 is 9.88 Å². The Labute approximate surface area is 107 Å². The van der Waals surface area contributed by atoms with Gasteiger partial charge in [0.1, 0.15) is 0 Å². The lowest BCUT2D eigenvalue weighted by Gasteiger charge is -2.10. The molecule has 0 saturated heterocycles. The van der Waals surface area contributed by atoms with Crippen molar-refractivity contribution in [2.24, 2.45) is 0 Å². The van der Waals surface area contributed by atoms with Gasteiger partial charge in [-0.25, -0.2) is 0 Å². The van der Waals surface area contributed by atoms with Gasteiger partial charge in [0.15, 0.2) is 0 Å². The molecule has 0 aromatic carbocycles. The fraction of sp³-hybridized carbons (Fsp3) is 0.286. The predicted molar refractivity (Wildman–Crippen MR) is 70.5 cm³/mol. The van der Waals surface area contributed by atoms with E-state index >= 15 is 0 Å². The van der Waals surface area contributed by atoms with E-state index in [1.165, 1.54) is 11.4 Å². The monoisotopic (exact) mass is 243 g/mol. The van der Waals surface area contributed by atoms with Gasteiger partial charge in [-0.05, 0) is 38.1 Å². The maximum absolute atomic E-state index is 11.8. The van der Waals surface area contributed by atoms with Gasteiger partial charge in [-0.1, -0.05) is 0 Å². The second kappa shape index (κ2) is 5.49. The molecule has 0 aliphatic heterocycles. The highest BCUT2D eigenvalue weighted by Crippen LogP contribution is 2.06. The number of hydrogen-bond donors (Lipinski definition) is 1. The molecular formula is C14H17N3O. The van der Waals surface area contributed by atoms with Crippen molar-refractivity contribution in [1.82, 2.24) is 14.9 Å². The minimum absolute atomic E-state index is 0.0782. The molecule has 0 atom stereocenters. The number of carbonyl (C=O) groups excluding carboxylic acids is 1. The molecule has 0 unspecified atom stereocenters. The molecule has 0 fully saturated rings. The summed E-state index contributed by atoms with van der Waals surface area (Å²) in [6.07, 6.45) is 3.23. The van der Waals surface area contributed by atoms with Crippen molar-refractivity contribution in [2.45, 2.75) is 20.4 Å². The summed E-state index contributed by atoms with van der Waals surface area (Å²) in [5.41, 5.74) is 3.02. The minimum atomic E-state index is -0.0782. The predicted octanol–water partition coefficient (Wildman–Crippen LogP) is 1.93. The summed E-state index contributed by atoms with van der Waals surface area (Å²) < 4.78 is 2.18. The first-order valence-electron chi connectivity index (χ1n) is 5.99. The number of pyridine rings is 1. The second-order valence-electron chi connectivity index (χ2n) is 4.27. The normalized spacial score (nSPS) is 10.3. The summed E-state index contributed by atoms with van der Waals surface area (Å²) in [6.45, 7) is 5.53. The number of amides is 1. The van der Waals surface area contributed by atoms with Crippen molar-refractivity contribution in [3.05, 3.63) is 53.6 Å². The van der Waals surface area contributed by atoms with E-state index in [0.717, 1.165) is 6.54 Å². The van der Waals surface area contributed by atoms with Crippen LogP contribution in [0.25, 0.3) is 0 Å². The Kier molecular flexibility index (Phi) is 3.77. The number of aromatic nitrogens is 2. The zero-order chi connectivity index (χ0) is 13.0. The zero-order valence-corrected chi connectivity index (χ0v) is 10.7. The van der Waals surface area contributed by atoms with Gasteiger partial charge >= 0.3 is 0 Å². The lowest BCUT2D eigenvalue weighted by Crippen LogP contribution is -2.27. The van der Waals surface area contributed by atoms with E-state index in [4.69, 9.17) is 0 Å². The summed E-state index contributed by atoms with van der Waals surface area (Å²) in [7, 11) is 0. The van der Waals surface area contributed by atoms with Gasteiger partial charge in [0.25, 0.3) is 5.91 Å². The van der Waals surface area contributed by atoms with E-state index in [1.54, 1.807) is 24.5 Å². The number of nitrogens with zero attached hydrogens (tertiary/aromatic N) is 2. The van der Waals surface area contributed by atoms with Gasteiger partial charge in [0.2, 0.25) is 0 Å². The van der Waals surface area contributed by atoms with Gasteiger partial charge in [-0.15, -0.1) is 0 Å². The number of nitrogens with one attached hydrogen (secondary N) is 1. The molecule has 4 nitrogen and oxygen atoms in total. The van der Waals surface area contributed by atoms with Crippen molar-refractivity contribution < 1.29 is 4.79 Å². The smallest absolute Gasteiger partial charge is 0.252 e. The fourth-order valence-corrected chi connectivity index (χ4v) is 1.93. The molecule has 0 radical (unpaired) electrons. The molecule has 4 heteroatoms. The highest BCUT2D eigenvalue weighted by atomic mass is 16.1. The highest BCUT2D eigenvalue weighted by molar-refractivity contribution is 5.93. The Morgan fingerprint density at radius 2 is 2.00 bits per heavy atom. The van der Waals surface area contributed by atoms with Crippen molar-refractivity contribution in [2.75, 3.05) is 6.54 Å². The molecule has 1 amide bonds. The van der Waals surface area contributed by atoms with Gasteiger partial charge in [-0.2, -0.15) is 0 Å². The third-order valence-corrected chi connectivity index (χ3v) is 2.96. The van der Waals surface area contributed by atoms with Crippen LogP contribution in [0.5, 0.6) is 0 Å². The van der Waals surface area contributed by atoms with Crippen LogP contribution in [0.4, 0.5) is 0 Å². The summed E-state index contributed by atoms with van der Waals surface area (Å²) in [4.78, 5) is 15.7. The quantitative estimate of drug-likeness (QED) is 0.892. The molecule has 0 saturated carbocycles. The molecule has 18 heavy (non-hydrogen) atoms. The molecule has 2 aromatic heterocycles. The molecule has 2 aromatic rings. The Balaban J connectivity index is 1.88. The molecule has 1 N–H and O–H groups in total. The van der Waals surface area contributed by atoms with E-state index in [1.807, 2.05) is 0 Å². The first-order valence-corrected chi connectivity index (χ1v) is 5.99. The van der Waals surface area contributed by atoms with E-state index in [-0.39, 0.29) is 5.91 Å². The number of hydrogen-bond acceptors (Lipinski definition) is 2. The van der Waals surface area contributed by atoms with Crippen LogP contribution in [0.3, 0.4) is 0 Å². The molecule has 0 aliphatic rings. The molecule has 0 spiro atoms. The van der Waals surface area contributed by atoms with Gasteiger partial charge in [-0.3, -0.25) is 9.78 Å². The van der Waals surface area contributed by atoms with Crippen molar-refractivity contribution in [3.8, 4) is 0 Å². The Morgan fingerprint density at radius 3 is 2.61 bits per heavy atom. The van der Waals surface area contributed by atoms with Crippen LogP contribution in [-0.4, -0.2) is 22.0 Å². The molecule has 0 bridgehead atoms. The molecule has 2 heterocycles. The SMILES string of the molecule is Cc1ccc(C)n1CCNC(=O)c1cccnc1. The number of carbonyl (C=O) groups is 1. The average molecular weight is 243 g/mol. The van der Waals surface area contributed by atoms with Gasteiger partial charge in [0, 0.05) is 36.9 Å². The third kappa shape index (κ3) is 2.77. The van der Waals surface area contributed by atoms with Crippen LogP contribution >= 0.6 is 0 Å². The maximum atomic E-state index is 11.8. The van der Waals surface area contributed by atoms with Crippen LogP contribution in [0.15, 0.2) is 36.7 Å².